The Morgan fingerprint density at radius 1 is 1.10 bits per heavy atom. The van der Waals surface area contributed by atoms with Gasteiger partial charge in [-0.1, -0.05) is 73.8 Å². The van der Waals surface area contributed by atoms with Gasteiger partial charge in [0.2, 0.25) is 11.8 Å². The van der Waals surface area contributed by atoms with Gasteiger partial charge in [-0.05, 0) is 42.5 Å². The van der Waals surface area contributed by atoms with Crippen molar-refractivity contribution in [2.24, 2.45) is 0 Å². The maximum absolute atomic E-state index is 13.2. The first-order valence-corrected chi connectivity index (χ1v) is 12.6. The van der Waals surface area contributed by atoms with E-state index in [4.69, 9.17) is 11.6 Å². The first-order valence-electron chi connectivity index (χ1n) is 11.0. The molecule has 0 aromatic heterocycles. The summed E-state index contributed by atoms with van der Waals surface area (Å²) in [6.45, 7) is 2.41. The lowest BCUT2D eigenvalue weighted by molar-refractivity contribution is -0.139. The topological polar surface area (TPSA) is 49.4 Å². The predicted molar refractivity (Wildman–Crippen MR) is 129 cm³/mol. The number of nitrogens with one attached hydrogen (secondary N) is 1. The largest absolute Gasteiger partial charge is 0.352 e. The molecule has 1 fully saturated rings. The van der Waals surface area contributed by atoms with Crippen molar-refractivity contribution >= 4 is 35.2 Å². The number of carbonyl (C=O) groups excluding carboxylic acids is 2. The van der Waals surface area contributed by atoms with Crippen LogP contribution < -0.4 is 5.32 Å². The normalized spacial score (nSPS) is 14.9. The van der Waals surface area contributed by atoms with Gasteiger partial charge in [-0.3, -0.25) is 9.59 Å². The molecule has 1 unspecified atom stereocenters. The Morgan fingerprint density at radius 2 is 1.81 bits per heavy atom. The van der Waals surface area contributed by atoms with Gasteiger partial charge >= 0.3 is 0 Å². The molecule has 6 heteroatoms. The first kappa shape index (κ1) is 23.7. The Labute approximate surface area is 194 Å². The van der Waals surface area contributed by atoms with Crippen LogP contribution in [0.3, 0.4) is 0 Å². The molecule has 1 atom stereocenters. The van der Waals surface area contributed by atoms with Crippen LogP contribution in [0.4, 0.5) is 0 Å². The molecule has 0 spiro atoms. The van der Waals surface area contributed by atoms with Gasteiger partial charge in [0.1, 0.15) is 6.04 Å². The molecule has 166 valence electrons. The van der Waals surface area contributed by atoms with E-state index in [0.29, 0.717) is 29.5 Å². The van der Waals surface area contributed by atoms with Crippen LogP contribution in [0, 0.1) is 0 Å². The Hall–Kier alpha value is -1.98. The van der Waals surface area contributed by atoms with Gasteiger partial charge in [0.25, 0.3) is 0 Å². The van der Waals surface area contributed by atoms with Crippen LogP contribution in [-0.2, 0) is 21.9 Å². The fourth-order valence-corrected chi connectivity index (χ4v) is 5.10. The van der Waals surface area contributed by atoms with Crippen LogP contribution in [0.5, 0.6) is 0 Å². The Morgan fingerprint density at radius 3 is 2.48 bits per heavy atom. The number of amides is 2. The Kier molecular flexibility index (Phi) is 9.29. The lowest BCUT2D eigenvalue weighted by Crippen LogP contribution is -2.51. The molecule has 2 aromatic carbocycles. The van der Waals surface area contributed by atoms with Crippen LogP contribution in [0.25, 0.3) is 0 Å². The van der Waals surface area contributed by atoms with Gasteiger partial charge in [0, 0.05) is 23.4 Å². The van der Waals surface area contributed by atoms with E-state index in [9.17, 15) is 9.59 Å². The second-order valence-corrected chi connectivity index (χ2v) is 9.47. The summed E-state index contributed by atoms with van der Waals surface area (Å²) < 4.78 is 0. The smallest absolute Gasteiger partial charge is 0.243 e. The minimum atomic E-state index is -0.458. The van der Waals surface area contributed by atoms with E-state index in [0.717, 1.165) is 36.8 Å². The number of carbonyl (C=O) groups is 2. The molecule has 0 saturated heterocycles. The number of benzene rings is 2. The molecular weight excluding hydrogens is 428 g/mol. The number of nitrogens with zero attached hydrogens (tertiary/aromatic N) is 1. The molecule has 4 nitrogen and oxygen atoms in total. The van der Waals surface area contributed by atoms with E-state index in [1.807, 2.05) is 61.5 Å². The molecule has 0 heterocycles. The van der Waals surface area contributed by atoms with Gasteiger partial charge in [-0.15, -0.1) is 11.8 Å². The summed E-state index contributed by atoms with van der Waals surface area (Å²) in [5.41, 5.74) is 2.12. The molecule has 2 amide bonds. The zero-order chi connectivity index (χ0) is 22.1. The van der Waals surface area contributed by atoms with Crippen molar-refractivity contribution in [1.29, 1.82) is 0 Å². The molecule has 1 aliphatic rings. The fourth-order valence-electron chi connectivity index (χ4n) is 4.03. The van der Waals surface area contributed by atoms with Crippen LogP contribution in [0.15, 0.2) is 54.6 Å². The summed E-state index contributed by atoms with van der Waals surface area (Å²) in [7, 11) is 0. The number of hydrogen-bond donors (Lipinski definition) is 1. The summed E-state index contributed by atoms with van der Waals surface area (Å²) in [5.74, 6) is 0.992. The molecule has 31 heavy (non-hydrogen) atoms. The van der Waals surface area contributed by atoms with Gasteiger partial charge in [-0.25, -0.2) is 0 Å². The zero-order valence-electron chi connectivity index (χ0n) is 18.1. The quantitative estimate of drug-likeness (QED) is 0.515. The lowest BCUT2D eigenvalue weighted by Gasteiger charge is -2.31. The molecule has 0 radical (unpaired) electrons. The van der Waals surface area contributed by atoms with Crippen LogP contribution >= 0.6 is 23.4 Å². The highest BCUT2D eigenvalue weighted by atomic mass is 35.5. The molecule has 3 rings (SSSR count). The van der Waals surface area contributed by atoms with Gasteiger partial charge in [0.15, 0.2) is 0 Å². The van der Waals surface area contributed by atoms with Crippen LogP contribution in [0.2, 0.25) is 5.02 Å². The minimum Gasteiger partial charge on any atom is -0.352 e. The lowest BCUT2D eigenvalue weighted by atomic mass is 10.1. The summed E-state index contributed by atoms with van der Waals surface area (Å²) >= 11 is 7.62. The van der Waals surface area contributed by atoms with E-state index in [2.05, 4.69) is 5.32 Å². The SMILES string of the molecule is CCC(C(=O)NC1CCCC1)N(Cc1ccccc1)C(=O)CSCc1cccc(Cl)c1. The van der Waals surface area contributed by atoms with E-state index in [1.165, 1.54) is 0 Å². The van der Waals surface area contributed by atoms with Crippen molar-refractivity contribution < 1.29 is 9.59 Å². The number of rotatable bonds is 10. The van der Waals surface area contributed by atoms with Crippen molar-refractivity contribution in [2.45, 2.75) is 63.4 Å². The van der Waals surface area contributed by atoms with Crippen molar-refractivity contribution in [1.82, 2.24) is 10.2 Å². The van der Waals surface area contributed by atoms with Crippen LogP contribution in [0.1, 0.15) is 50.2 Å². The minimum absolute atomic E-state index is 0.00990. The maximum Gasteiger partial charge on any atom is 0.243 e. The number of hydrogen-bond acceptors (Lipinski definition) is 3. The monoisotopic (exact) mass is 458 g/mol. The average Bonchev–Trinajstić information content (AvgIpc) is 3.27. The van der Waals surface area contributed by atoms with Crippen LogP contribution in [-0.4, -0.2) is 34.6 Å². The van der Waals surface area contributed by atoms with Gasteiger partial charge in [-0.2, -0.15) is 0 Å². The molecule has 1 N–H and O–H groups in total. The van der Waals surface area contributed by atoms with Crippen molar-refractivity contribution in [3.8, 4) is 0 Å². The molecule has 1 saturated carbocycles. The Balaban J connectivity index is 1.67. The van der Waals surface area contributed by atoms with E-state index in [-0.39, 0.29) is 17.9 Å². The third kappa shape index (κ3) is 7.29. The summed E-state index contributed by atoms with van der Waals surface area (Å²) in [6, 6.07) is 17.4. The molecule has 0 bridgehead atoms. The average molecular weight is 459 g/mol. The summed E-state index contributed by atoms with van der Waals surface area (Å²) in [5, 5.41) is 3.88. The van der Waals surface area contributed by atoms with Gasteiger partial charge < -0.3 is 10.2 Å². The standard InChI is InChI=1S/C25H31ClN2O2S/c1-2-23(25(30)27-22-13-6-7-14-22)28(16-19-9-4-3-5-10-19)24(29)18-31-17-20-11-8-12-21(26)15-20/h3-5,8-12,15,22-23H,2,6-7,13-14,16-18H2,1H3,(H,27,30). The number of halogens is 1. The molecular formula is C25H31ClN2O2S. The van der Waals surface area contributed by atoms with E-state index in [1.54, 1.807) is 16.7 Å². The predicted octanol–water partition coefficient (Wildman–Crippen LogP) is 5.44. The second-order valence-electron chi connectivity index (χ2n) is 8.04. The zero-order valence-corrected chi connectivity index (χ0v) is 19.6. The Bertz CT molecular complexity index is 856. The van der Waals surface area contributed by atoms with E-state index >= 15 is 0 Å². The molecule has 0 aliphatic heterocycles. The highest BCUT2D eigenvalue weighted by Crippen LogP contribution is 2.21. The van der Waals surface area contributed by atoms with Gasteiger partial charge in [0.05, 0.1) is 5.75 Å². The maximum atomic E-state index is 13.2. The molecule has 2 aromatic rings. The number of thioether (sulfide) groups is 1. The first-order chi connectivity index (χ1) is 15.1. The third-order valence-electron chi connectivity index (χ3n) is 5.67. The highest BCUT2D eigenvalue weighted by molar-refractivity contribution is 7.99. The summed E-state index contributed by atoms with van der Waals surface area (Å²) in [6.07, 6.45) is 4.98. The third-order valence-corrected chi connectivity index (χ3v) is 6.89. The highest BCUT2D eigenvalue weighted by Gasteiger charge is 2.30. The van der Waals surface area contributed by atoms with Crippen molar-refractivity contribution in [3.05, 3.63) is 70.7 Å². The summed E-state index contributed by atoms with van der Waals surface area (Å²) in [4.78, 5) is 28.1. The van der Waals surface area contributed by atoms with Crippen molar-refractivity contribution in [2.75, 3.05) is 5.75 Å². The van der Waals surface area contributed by atoms with E-state index < -0.39 is 6.04 Å². The fraction of sp³-hybridized carbons (Fsp3) is 0.440. The van der Waals surface area contributed by atoms with Crippen molar-refractivity contribution in [3.63, 3.8) is 0 Å². The second kappa shape index (κ2) is 12.2. The molecule has 1 aliphatic carbocycles.